The average molecular weight is 316 g/mol. The zero-order valence-corrected chi connectivity index (χ0v) is 14.0. The van der Waals surface area contributed by atoms with Gasteiger partial charge in [0, 0.05) is 32.4 Å². The summed E-state index contributed by atoms with van der Waals surface area (Å²) in [5, 5.41) is 4.21. The SMILES string of the molecule is CC(C)Oc1ccccc1N1CCN(Cc2nc[c]s2)CC1. The van der Waals surface area contributed by atoms with Gasteiger partial charge in [-0.05, 0) is 26.0 Å². The molecule has 0 bridgehead atoms. The van der Waals surface area contributed by atoms with E-state index in [-0.39, 0.29) is 6.10 Å². The summed E-state index contributed by atoms with van der Waals surface area (Å²) in [6.45, 7) is 9.22. The molecule has 5 heteroatoms. The van der Waals surface area contributed by atoms with Gasteiger partial charge in [0.1, 0.15) is 10.8 Å². The summed E-state index contributed by atoms with van der Waals surface area (Å²) in [5.74, 6) is 0.987. The Morgan fingerprint density at radius 2 is 2.00 bits per heavy atom. The van der Waals surface area contributed by atoms with Gasteiger partial charge in [-0.1, -0.05) is 12.1 Å². The summed E-state index contributed by atoms with van der Waals surface area (Å²) >= 11 is 1.61. The Hall–Kier alpha value is -1.59. The average Bonchev–Trinajstić information content (AvgIpc) is 3.01. The van der Waals surface area contributed by atoms with Gasteiger partial charge in [0.2, 0.25) is 0 Å². The minimum atomic E-state index is 0.198. The molecule has 117 valence electrons. The molecular formula is C17H22N3OS. The minimum absolute atomic E-state index is 0.198. The molecule has 1 aromatic carbocycles. The van der Waals surface area contributed by atoms with E-state index < -0.39 is 0 Å². The van der Waals surface area contributed by atoms with Crippen LogP contribution in [0, 0.1) is 5.38 Å². The summed E-state index contributed by atoms with van der Waals surface area (Å²) in [6, 6.07) is 8.34. The number of rotatable bonds is 5. The van der Waals surface area contributed by atoms with E-state index >= 15 is 0 Å². The number of piperazine rings is 1. The first kappa shape index (κ1) is 15.3. The van der Waals surface area contributed by atoms with Crippen LogP contribution in [-0.2, 0) is 6.54 Å². The predicted molar refractivity (Wildman–Crippen MR) is 90.6 cm³/mol. The summed E-state index contributed by atoms with van der Waals surface area (Å²) in [6.07, 6.45) is 1.96. The molecule has 0 saturated carbocycles. The number of hydrogen-bond donors (Lipinski definition) is 0. The molecule has 0 spiro atoms. The van der Waals surface area contributed by atoms with Crippen molar-refractivity contribution in [2.75, 3.05) is 31.1 Å². The Kier molecular flexibility index (Phi) is 4.95. The number of ether oxygens (including phenoxy) is 1. The van der Waals surface area contributed by atoms with E-state index in [1.54, 1.807) is 17.5 Å². The molecule has 4 nitrogen and oxygen atoms in total. The lowest BCUT2D eigenvalue weighted by Gasteiger charge is -2.36. The smallest absolute Gasteiger partial charge is 0.142 e. The van der Waals surface area contributed by atoms with Gasteiger partial charge in [0.15, 0.2) is 0 Å². The van der Waals surface area contributed by atoms with Gasteiger partial charge in [-0.3, -0.25) is 4.90 Å². The Bertz CT molecular complexity index is 577. The third-order valence-electron chi connectivity index (χ3n) is 3.74. The van der Waals surface area contributed by atoms with Crippen molar-refractivity contribution in [2.45, 2.75) is 26.5 Å². The maximum atomic E-state index is 5.94. The molecule has 0 N–H and O–H groups in total. The molecule has 0 amide bonds. The molecule has 0 aliphatic carbocycles. The molecule has 0 unspecified atom stereocenters. The molecule has 2 heterocycles. The van der Waals surface area contributed by atoms with Gasteiger partial charge in [-0.2, -0.15) is 0 Å². The minimum Gasteiger partial charge on any atom is -0.489 e. The first-order valence-corrected chi connectivity index (χ1v) is 8.58. The Labute approximate surface area is 136 Å². The predicted octanol–water partition coefficient (Wildman–Crippen LogP) is 3.05. The molecule has 3 rings (SSSR count). The maximum Gasteiger partial charge on any atom is 0.142 e. The number of para-hydroxylation sites is 2. The quantitative estimate of drug-likeness (QED) is 0.848. The largest absolute Gasteiger partial charge is 0.489 e. The number of benzene rings is 1. The fourth-order valence-corrected chi connectivity index (χ4v) is 3.30. The second-order valence-electron chi connectivity index (χ2n) is 5.77. The Balaban J connectivity index is 1.61. The van der Waals surface area contributed by atoms with E-state index in [1.165, 1.54) is 5.69 Å². The van der Waals surface area contributed by atoms with Crippen molar-refractivity contribution in [1.29, 1.82) is 0 Å². The van der Waals surface area contributed by atoms with Crippen molar-refractivity contribution < 1.29 is 4.74 Å². The van der Waals surface area contributed by atoms with Crippen LogP contribution in [-0.4, -0.2) is 42.2 Å². The van der Waals surface area contributed by atoms with Crippen molar-refractivity contribution in [3.8, 4) is 5.75 Å². The first-order chi connectivity index (χ1) is 10.7. The van der Waals surface area contributed by atoms with Gasteiger partial charge < -0.3 is 9.64 Å². The van der Waals surface area contributed by atoms with Crippen LogP contribution >= 0.6 is 11.3 Å². The second-order valence-corrected chi connectivity index (χ2v) is 6.68. The van der Waals surface area contributed by atoms with Crippen molar-refractivity contribution in [3.63, 3.8) is 0 Å². The monoisotopic (exact) mass is 316 g/mol. The zero-order chi connectivity index (χ0) is 15.4. The number of aromatic nitrogens is 1. The van der Waals surface area contributed by atoms with Gasteiger partial charge in [0.25, 0.3) is 0 Å². The number of nitrogens with zero attached hydrogens (tertiary/aromatic N) is 3. The highest BCUT2D eigenvalue weighted by Gasteiger charge is 2.20. The molecule has 1 fully saturated rings. The molecule has 1 saturated heterocycles. The van der Waals surface area contributed by atoms with Crippen molar-refractivity contribution >= 4 is 17.0 Å². The normalized spacial score (nSPS) is 16.2. The molecular weight excluding hydrogens is 294 g/mol. The molecule has 0 atom stereocenters. The van der Waals surface area contributed by atoms with Crippen LogP contribution in [0.4, 0.5) is 5.69 Å². The number of hydrogen-bond acceptors (Lipinski definition) is 5. The van der Waals surface area contributed by atoms with E-state index in [0.717, 1.165) is 43.5 Å². The van der Waals surface area contributed by atoms with Crippen LogP contribution in [0.3, 0.4) is 0 Å². The van der Waals surface area contributed by atoms with Crippen LogP contribution in [0.15, 0.2) is 30.5 Å². The Morgan fingerprint density at radius 1 is 1.23 bits per heavy atom. The lowest BCUT2D eigenvalue weighted by Crippen LogP contribution is -2.46. The maximum absolute atomic E-state index is 5.94. The molecule has 2 aromatic rings. The van der Waals surface area contributed by atoms with E-state index in [9.17, 15) is 0 Å². The topological polar surface area (TPSA) is 28.6 Å². The number of thiazole rings is 1. The molecule has 1 aliphatic rings. The molecule has 1 aliphatic heterocycles. The fraction of sp³-hybridized carbons (Fsp3) is 0.471. The highest BCUT2D eigenvalue weighted by atomic mass is 32.1. The third kappa shape index (κ3) is 3.78. The van der Waals surface area contributed by atoms with Crippen LogP contribution in [0.25, 0.3) is 0 Å². The lowest BCUT2D eigenvalue weighted by molar-refractivity contribution is 0.235. The van der Waals surface area contributed by atoms with E-state index in [4.69, 9.17) is 4.74 Å². The van der Waals surface area contributed by atoms with Crippen molar-refractivity contribution in [1.82, 2.24) is 9.88 Å². The second kappa shape index (κ2) is 7.11. The summed E-state index contributed by atoms with van der Waals surface area (Å²) in [5.41, 5.74) is 1.21. The third-order valence-corrected chi connectivity index (χ3v) is 4.43. The Morgan fingerprint density at radius 3 is 2.68 bits per heavy atom. The molecule has 22 heavy (non-hydrogen) atoms. The lowest BCUT2D eigenvalue weighted by atomic mass is 10.2. The van der Waals surface area contributed by atoms with Gasteiger partial charge in [-0.15, -0.1) is 11.3 Å². The van der Waals surface area contributed by atoms with Gasteiger partial charge >= 0.3 is 0 Å². The molecule has 1 radical (unpaired) electrons. The van der Waals surface area contributed by atoms with Crippen molar-refractivity contribution in [3.05, 3.63) is 40.8 Å². The van der Waals surface area contributed by atoms with Gasteiger partial charge in [0.05, 0.1) is 23.7 Å². The first-order valence-electron chi connectivity index (χ1n) is 7.76. The molecule has 1 aromatic heterocycles. The highest BCUT2D eigenvalue weighted by Crippen LogP contribution is 2.29. The summed E-state index contributed by atoms with van der Waals surface area (Å²) < 4.78 is 5.94. The zero-order valence-electron chi connectivity index (χ0n) is 13.2. The number of anilines is 1. The fourth-order valence-electron chi connectivity index (χ4n) is 2.70. The van der Waals surface area contributed by atoms with Crippen LogP contribution in [0.2, 0.25) is 0 Å². The summed E-state index contributed by atoms with van der Waals surface area (Å²) in [4.78, 5) is 9.19. The highest BCUT2D eigenvalue weighted by molar-refractivity contribution is 7.09. The van der Waals surface area contributed by atoms with Gasteiger partial charge in [-0.25, -0.2) is 4.98 Å². The van der Waals surface area contributed by atoms with Crippen LogP contribution < -0.4 is 9.64 Å². The summed E-state index contributed by atoms with van der Waals surface area (Å²) in [7, 11) is 0. The van der Waals surface area contributed by atoms with E-state index in [2.05, 4.69) is 52.2 Å². The van der Waals surface area contributed by atoms with E-state index in [1.807, 2.05) is 6.07 Å². The van der Waals surface area contributed by atoms with E-state index in [0.29, 0.717) is 0 Å². The van der Waals surface area contributed by atoms with Crippen molar-refractivity contribution in [2.24, 2.45) is 0 Å². The van der Waals surface area contributed by atoms with Crippen LogP contribution in [0.5, 0.6) is 5.75 Å². The van der Waals surface area contributed by atoms with Crippen LogP contribution in [0.1, 0.15) is 18.9 Å². The standard InChI is InChI=1S/C17H22N3OS/c1-14(2)21-16-6-4-3-5-15(16)20-10-8-19(9-11-20)13-17-18-7-12-22-17/h3-7,14H,8-11,13H2,1-2H3.